The Morgan fingerprint density at radius 3 is 2.80 bits per heavy atom. The molecule has 2 aromatic heterocycles. The molecule has 0 bridgehead atoms. The Kier molecular flexibility index (Phi) is 3.82. The van der Waals surface area contributed by atoms with E-state index >= 15 is 0 Å². The second-order valence-corrected chi connectivity index (χ2v) is 6.03. The van der Waals surface area contributed by atoms with Gasteiger partial charge in [-0.3, -0.25) is 10.1 Å². The molecule has 3 nitrogen and oxygen atoms in total. The molecule has 0 saturated carbocycles. The summed E-state index contributed by atoms with van der Waals surface area (Å²) in [6.07, 6.45) is 0. The number of thiophene rings is 1. The number of carbonyl (C=O) groups excluding carboxylic acids is 1. The van der Waals surface area contributed by atoms with Crippen molar-refractivity contribution < 1.29 is 4.79 Å². The van der Waals surface area contributed by atoms with Crippen LogP contribution < -0.4 is 5.32 Å². The van der Waals surface area contributed by atoms with Crippen LogP contribution in [0.25, 0.3) is 11.3 Å². The number of rotatable bonds is 3. The van der Waals surface area contributed by atoms with Crippen molar-refractivity contribution in [3.05, 3.63) is 57.1 Å². The largest absolute Gasteiger partial charge is 0.298 e. The Labute approximate surface area is 128 Å². The molecule has 0 spiro atoms. The third kappa shape index (κ3) is 2.75. The zero-order valence-corrected chi connectivity index (χ0v) is 12.6. The lowest BCUT2D eigenvalue weighted by Gasteiger charge is -2.00. The quantitative estimate of drug-likeness (QED) is 0.754. The number of anilines is 1. The summed E-state index contributed by atoms with van der Waals surface area (Å²) in [6.45, 7) is 0. The van der Waals surface area contributed by atoms with E-state index in [1.54, 1.807) is 11.4 Å². The fourth-order valence-electron chi connectivity index (χ4n) is 1.69. The Morgan fingerprint density at radius 2 is 2.05 bits per heavy atom. The van der Waals surface area contributed by atoms with E-state index in [9.17, 15) is 4.79 Å². The van der Waals surface area contributed by atoms with Gasteiger partial charge in [0.1, 0.15) is 0 Å². The van der Waals surface area contributed by atoms with Gasteiger partial charge in [0.15, 0.2) is 5.13 Å². The third-order valence-corrected chi connectivity index (χ3v) is 4.43. The molecule has 0 atom stereocenters. The van der Waals surface area contributed by atoms with Crippen molar-refractivity contribution in [1.82, 2.24) is 4.98 Å². The van der Waals surface area contributed by atoms with E-state index < -0.39 is 0 Å². The molecule has 0 aliphatic rings. The van der Waals surface area contributed by atoms with Gasteiger partial charge < -0.3 is 0 Å². The number of amides is 1. The zero-order chi connectivity index (χ0) is 13.9. The van der Waals surface area contributed by atoms with Crippen molar-refractivity contribution in [2.24, 2.45) is 0 Å². The van der Waals surface area contributed by atoms with Crippen LogP contribution in [0.2, 0.25) is 5.02 Å². The van der Waals surface area contributed by atoms with Crippen molar-refractivity contribution in [3.8, 4) is 11.3 Å². The summed E-state index contributed by atoms with van der Waals surface area (Å²) in [5.41, 5.74) is 2.27. The monoisotopic (exact) mass is 320 g/mol. The number of carbonyl (C=O) groups is 1. The Hall–Kier alpha value is -1.69. The molecule has 100 valence electrons. The van der Waals surface area contributed by atoms with Crippen LogP contribution in [0.3, 0.4) is 0 Å². The Balaban J connectivity index is 1.81. The van der Waals surface area contributed by atoms with E-state index in [0.29, 0.717) is 15.7 Å². The average Bonchev–Trinajstić information content (AvgIpc) is 3.10. The number of aromatic nitrogens is 1. The van der Waals surface area contributed by atoms with Crippen LogP contribution in [-0.2, 0) is 0 Å². The minimum Gasteiger partial charge on any atom is -0.298 e. The van der Waals surface area contributed by atoms with Crippen LogP contribution in [0.15, 0.2) is 46.5 Å². The van der Waals surface area contributed by atoms with Gasteiger partial charge in [-0.1, -0.05) is 29.8 Å². The van der Waals surface area contributed by atoms with Gasteiger partial charge in [0.2, 0.25) is 0 Å². The molecule has 6 heteroatoms. The SMILES string of the molecule is O=C(Nc1nc(-c2ccccc2Cl)cs1)c1ccsc1. The summed E-state index contributed by atoms with van der Waals surface area (Å²) < 4.78 is 0. The first-order valence-electron chi connectivity index (χ1n) is 5.78. The van der Waals surface area contributed by atoms with Gasteiger partial charge in [-0.05, 0) is 17.5 Å². The van der Waals surface area contributed by atoms with E-state index in [4.69, 9.17) is 11.6 Å². The van der Waals surface area contributed by atoms with Gasteiger partial charge in [0.25, 0.3) is 5.91 Å². The predicted molar refractivity (Wildman–Crippen MR) is 84.8 cm³/mol. The molecule has 0 fully saturated rings. The smallest absolute Gasteiger partial charge is 0.258 e. The van der Waals surface area contributed by atoms with Crippen LogP contribution in [0, 0.1) is 0 Å². The number of thiazole rings is 1. The molecule has 3 rings (SSSR count). The highest BCUT2D eigenvalue weighted by atomic mass is 35.5. The Bertz CT molecular complexity index is 737. The van der Waals surface area contributed by atoms with Crippen molar-refractivity contribution >= 4 is 45.3 Å². The highest BCUT2D eigenvalue weighted by molar-refractivity contribution is 7.14. The van der Waals surface area contributed by atoms with Crippen molar-refractivity contribution in [1.29, 1.82) is 0 Å². The standard InChI is InChI=1S/C14H9ClN2OS2/c15-11-4-2-1-3-10(11)12-8-20-14(16-12)17-13(18)9-5-6-19-7-9/h1-8H,(H,16,17,18). The predicted octanol–water partition coefficient (Wildman–Crippen LogP) is 4.78. The fourth-order valence-corrected chi connectivity index (χ4v) is 3.26. The summed E-state index contributed by atoms with van der Waals surface area (Å²) in [5.74, 6) is -0.147. The molecule has 3 aromatic rings. The molecule has 1 N–H and O–H groups in total. The molecule has 0 aliphatic carbocycles. The van der Waals surface area contributed by atoms with Crippen LogP contribution in [-0.4, -0.2) is 10.9 Å². The Morgan fingerprint density at radius 1 is 1.20 bits per heavy atom. The molecular formula is C14H9ClN2OS2. The molecule has 1 amide bonds. The van der Waals surface area contributed by atoms with E-state index in [1.165, 1.54) is 22.7 Å². The molecule has 0 aliphatic heterocycles. The first kappa shape index (κ1) is 13.3. The molecule has 0 radical (unpaired) electrons. The lowest BCUT2D eigenvalue weighted by Crippen LogP contribution is -2.10. The normalized spacial score (nSPS) is 10.4. The molecule has 2 heterocycles. The minimum absolute atomic E-state index is 0.147. The summed E-state index contributed by atoms with van der Waals surface area (Å²) >= 11 is 9.00. The van der Waals surface area contributed by atoms with E-state index in [1.807, 2.05) is 35.0 Å². The van der Waals surface area contributed by atoms with Crippen molar-refractivity contribution in [2.45, 2.75) is 0 Å². The first-order chi connectivity index (χ1) is 9.74. The van der Waals surface area contributed by atoms with Crippen molar-refractivity contribution in [3.63, 3.8) is 0 Å². The van der Waals surface area contributed by atoms with Crippen LogP contribution in [0.1, 0.15) is 10.4 Å². The zero-order valence-electron chi connectivity index (χ0n) is 10.2. The minimum atomic E-state index is -0.147. The fraction of sp³-hybridized carbons (Fsp3) is 0. The van der Waals surface area contributed by atoms with E-state index in [0.717, 1.165) is 11.3 Å². The van der Waals surface area contributed by atoms with Crippen molar-refractivity contribution in [2.75, 3.05) is 5.32 Å². The topological polar surface area (TPSA) is 42.0 Å². The van der Waals surface area contributed by atoms with Gasteiger partial charge in [-0.2, -0.15) is 11.3 Å². The highest BCUT2D eigenvalue weighted by Gasteiger charge is 2.11. The molecule has 1 aromatic carbocycles. The molecule has 0 saturated heterocycles. The second kappa shape index (κ2) is 5.75. The molecule has 0 unspecified atom stereocenters. The maximum atomic E-state index is 11.9. The maximum Gasteiger partial charge on any atom is 0.258 e. The second-order valence-electron chi connectivity index (χ2n) is 3.98. The summed E-state index contributed by atoms with van der Waals surface area (Å²) in [4.78, 5) is 16.3. The van der Waals surface area contributed by atoms with E-state index in [-0.39, 0.29) is 5.91 Å². The lowest BCUT2D eigenvalue weighted by atomic mass is 10.2. The van der Waals surface area contributed by atoms with Crippen LogP contribution >= 0.6 is 34.3 Å². The summed E-state index contributed by atoms with van der Waals surface area (Å²) in [6, 6.07) is 9.28. The maximum absolute atomic E-state index is 11.9. The average molecular weight is 321 g/mol. The van der Waals surface area contributed by atoms with Gasteiger partial charge >= 0.3 is 0 Å². The molecule has 20 heavy (non-hydrogen) atoms. The third-order valence-electron chi connectivity index (χ3n) is 2.66. The number of hydrogen-bond donors (Lipinski definition) is 1. The lowest BCUT2D eigenvalue weighted by molar-refractivity contribution is 0.102. The van der Waals surface area contributed by atoms with Gasteiger partial charge in [0, 0.05) is 21.3 Å². The van der Waals surface area contributed by atoms with Crippen LogP contribution in [0.4, 0.5) is 5.13 Å². The van der Waals surface area contributed by atoms with Crippen LogP contribution in [0.5, 0.6) is 0 Å². The highest BCUT2D eigenvalue weighted by Crippen LogP contribution is 2.30. The van der Waals surface area contributed by atoms with Gasteiger partial charge in [0.05, 0.1) is 11.3 Å². The number of nitrogens with zero attached hydrogens (tertiary/aromatic N) is 1. The van der Waals surface area contributed by atoms with Gasteiger partial charge in [-0.25, -0.2) is 4.98 Å². The van der Waals surface area contributed by atoms with E-state index in [2.05, 4.69) is 10.3 Å². The first-order valence-corrected chi connectivity index (χ1v) is 7.98. The summed E-state index contributed by atoms with van der Waals surface area (Å²) in [5, 5.41) is 9.55. The summed E-state index contributed by atoms with van der Waals surface area (Å²) in [7, 11) is 0. The number of benzene rings is 1. The number of halogens is 1. The number of hydrogen-bond acceptors (Lipinski definition) is 4. The number of nitrogens with one attached hydrogen (secondary N) is 1. The van der Waals surface area contributed by atoms with Gasteiger partial charge in [-0.15, -0.1) is 11.3 Å². The molecular weight excluding hydrogens is 312 g/mol.